The highest BCUT2D eigenvalue weighted by Crippen LogP contribution is 2.23. The number of halogens is 1. The SMILES string of the molecule is Nc1ccccc1-c1nnnn1Cc1cccc(F)c1. The van der Waals surface area contributed by atoms with Crippen LogP contribution in [0.2, 0.25) is 0 Å². The monoisotopic (exact) mass is 269 g/mol. The van der Waals surface area contributed by atoms with Crippen LogP contribution in [-0.4, -0.2) is 20.2 Å². The fourth-order valence-electron chi connectivity index (χ4n) is 2.01. The van der Waals surface area contributed by atoms with Gasteiger partial charge < -0.3 is 5.73 Å². The van der Waals surface area contributed by atoms with Crippen molar-refractivity contribution in [2.45, 2.75) is 6.54 Å². The minimum Gasteiger partial charge on any atom is -0.398 e. The van der Waals surface area contributed by atoms with Gasteiger partial charge in [-0.05, 0) is 40.3 Å². The summed E-state index contributed by atoms with van der Waals surface area (Å²) in [4.78, 5) is 0. The molecule has 0 fully saturated rings. The van der Waals surface area contributed by atoms with Gasteiger partial charge in [-0.25, -0.2) is 9.07 Å². The average Bonchev–Trinajstić information content (AvgIpc) is 2.87. The first-order valence-corrected chi connectivity index (χ1v) is 6.09. The van der Waals surface area contributed by atoms with E-state index in [-0.39, 0.29) is 5.82 Å². The van der Waals surface area contributed by atoms with Gasteiger partial charge >= 0.3 is 0 Å². The zero-order valence-electron chi connectivity index (χ0n) is 10.6. The van der Waals surface area contributed by atoms with Crippen molar-refractivity contribution in [2.24, 2.45) is 0 Å². The number of tetrazole rings is 1. The Morgan fingerprint density at radius 2 is 1.95 bits per heavy atom. The molecule has 0 radical (unpaired) electrons. The van der Waals surface area contributed by atoms with Gasteiger partial charge in [0.1, 0.15) is 5.82 Å². The molecule has 0 unspecified atom stereocenters. The molecule has 2 N–H and O–H groups in total. The van der Waals surface area contributed by atoms with Crippen molar-refractivity contribution in [1.82, 2.24) is 20.2 Å². The molecule has 2 aromatic carbocycles. The van der Waals surface area contributed by atoms with Crippen molar-refractivity contribution in [1.29, 1.82) is 0 Å². The third-order valence-electron chi connectivity index (χ3n) is 2.95. The number of rotatable bonds is 3. The maximum absolute atomic E-state index is 13.2. The topological polar surface area (TPSA) is 69.6 Å². The molecular formula is C14H12FN5. The second kappa shape index (κ2) is 5.08. The molecule has 1 aromatic heterocycles. The van der Waals surface area contributed by atoms with E-state index in [0.717, 1.165) is 11.1 Å². The summed E-state index contributed by atoms with van der Waals surface area (Å²) in [6, 6.07) is 13.7. The average molecular weight is 269 g/mol. The predicted molar refractivity (Wildman–Crippen MR) is 73.2 cm³/mol. The normalized spacial score (nSPS) is 10.7. The molecule has 0 aliphatic heterocycles. The van der Waals surface area contributed by atoms with Crippen LogP contribution in [0.1, 0.15) is 5.56 Å². The van der Waals surface area contributed by atoms with Gasteiger partial charge in [0.05, 0.1) is 6.54 Å². The molecular weight excluding hydrogens is 257 g/mol. The van der Waals surface area contributed by atoms with Gasteiger partial charge in [-0.15, -0.1) is 5.10 Å². The number of nitrogens with two attached hydrogens (primary N) is 1. The first-order chi connectivity index (χ1) is 9.74. The molecule has 20 heavy (non-hydrogen) atoms. The van der Waals surface area contributed by atoms with Crippen LogP contribution in [0.15, 0.2) is 48.5 Å². The van der Waals surface area contributed by atoms with Crippen molar-refractivity contribution >= 4 is 5.69 Å². The van der Waals surface area contributed by atoms with E-state index < -0.39 is 0 Å². The Kier molecular flexibility index (Phi) is 3.12. The molecule has 0 aliphatic carbocycles. The Balaban J connectivity index is 1.97. The second-order valence-corrected chi connectivity index (χ2v) is 4.38. The molecule has 0 saturated carbocycles. The number of hydrogen-bond donors (Lipinski definition) is 1. The van der Waals surface area contributed by atoms with Crippen molar-refractivity contribution in [3.8, 4) is 11.4 Å². The summed E-state index contributed by atoms with van der Waals surface area (Å²) in [6.07, 6.45) is 0. The molecule has 0 amide bonds. The Morgan fingerprint density at radius 1 is 1.10 bits per heavy atom. The number of benzene rings is 2. The van der Waals surface area contributed by atoms with E-state index >= 15 is 0 Å². The van der Waals surface area contributed by atoms with Gasteiger partial charge in [-0.2, -0.15) is 0 Å². The Labute approximate surface area is 114 Å². The van der Waals surface area contributed by atoms with Crippen LogP contribution in [0.25, 0.3) is 11.4 Å². The minimum absolute atomic E-state index is 0.281. The van der Waals surface area contributed by atoms with Crippen LogP contribution in [-0.2, 0) is 6.54 Å². The molecule has 5 nitrogen and oxygen atoms in total. The first kappa shape index (κ1) is 12.3. The lowest BCUT2D eigenvalue weighted by Crippen LogP contribution is -2.05. The maximum atomic E-state index is 13.2. The van der Waals surface area contributed by atoms with Crippen LogP contribution in [0, 0.1) is 5.82 Å². The van der Waals surface area contributed by atoms with Crippen molar-refractivity contribution < 1.29 is 4.39 Å². The van der Waals surface area contributed by atoms with Gasteiger partial charge in [0.25, 0.3) is 0 Å². The summed E-state index contributed by atoms with van der Waals surface area (Å²) in [6.45, 7) is 0.383. The van der Waals surface area contributed by atoms with E-state index in [1.54, 1.807) is 16.8 Å². The van der Waals surface area contributed by atoms with E-state index in [2.05, 4.69) is 15.5 Å². The summed E-state index contributed by atoms with van der Waals surface area (Å²) < 4.78 is 14.8. The van der Waals surface area contributed by atoms with Crippen LogP contribution in [0.5, 0.6) is 0 Å². The molecule has 0 atom stereocenters. The Bertz CT molecular complexity index is 738. The van der Waals surface area contributed by atoms with E-state index in [1.807, 2.05) is 24.3 Å². The molecule has 3 aromatic rings. The molecule has 0 bridgehead atoms. The summed E-state index contributed by atoms with van der Waals surface area (Å²) >= 11 is 0. The quantitative estimate of drug-likeness (QED) is 0.739. The van der Waals surface area contributed by atoms with Crippen molar-refractivity contribution in [3.05, 3.63) is 59.9 Å². The smallest absolute Gasteiger partial charge is 0.184 e. The first-order valence-electron chi connectivity index (χ1n) is 6.09. The number of aromatic nitrogens is 4. The zero-order chi connectivity index (χ0) is 13.9. The van der Waals surface area contributed by atoms with E-state index in [0.29, 0.717) is 18.1 Å². The van der Waals surface area contributed by atoms with Gasteiger partial charge in [-0.3, -0.25) is 0 Å². The predicted octanol–water partition coefficient (Wildman–Crippen LogP) is 2.11. The van der Waals surface area contributed by atoms with Crippen LogP contribution < -0.4 is 5.73 Å². The molecule has 6 heteroatoms. The van der Waals surface area contributed by atoms with E-state index in [1.165, 1.54) is 12.1 Å². The lowest BCUT2D eigenvalue weighted by Gasteiger charge is -2.07. The number of nitrogen functional groups attached to an aromatic ring is 1. The lowest BCUT2D eigenvalue weighted by atomic mass is 10.1. The summed E-state index contributed by atoms with van der Waals surface area (Å²) in [5, 5.41) is 11.6. The van der Waals surface area contributed by atoms with Crippen molar-refractivity contribution in [3.63, 3.8) is 0 Å². The highest BCUT2D eigenvalue weighted by Gasteiger charge is 2.11. The van der Waals surface area contributed by atoms with Crippen LogP contribution in [0.4, 0.5) is 10.1 Å². The third-order valence-corrected chi connectivity index (χ3v) is 2.95. The molecule has 0 spiro atoms. The number of hydrogen-bond acceptors (Lipinski definition) is 4. The molecule has 1 heterocycles. The Morgan fingerprint density at radius 3 is 2.75 bits per heavy atom. The summed E-state index contributed by atoms with van der Waals surface area (Å²) in [5.41, 5.74) is 8.07. The van der Waals surface area contributed by atoms with Crippen molar-refractivity contribution in [2.75, 3.05) is 5.73 Å². The zero-order valence-corrected chi connectivity index (χ0v) is 10.6. The van der Waals surface area contributed by atoms with Gasteiger partial charge in [-0.1, -0.05) is 24.3 Å². The third kappa shape index (κ3) is 2.35. The molecule has 0 aliphatic rings. The van der Waals surface area contributed by atoms with Gasteiger partial charge in [0.2, 0.25) is 0 Å². The molecule has 100 valence electrons. The minimum atomic E-state index is -0.281. The highest BCUT2D eigenvalue weighted by molar-refractivity contribution is 5.71. The number of anilines is 1. The molecule has 3 rings (SSSR count). The van der Waals surface area contributed by atoms with E-state index in [9.17, 15) is 4.39 Å². The number of para-hydroxylation sites is 1. The van der Waals surface area contributed by atoms with Gasteiger partial charge in [0.15, 0.2) is 5.82 Å². The second-order valence-electron chi connectivity index (χ2n) is 4.38. The van der Waals surface area contributed by atoms with E-state index in [4.69, 9.17) is 5.73 Å². The largest absolute Gasteiger partial charge is 0.398 e. The standard InChI is InChI=1S/C14H12FN5/c15-11-5-3-4-10(8-11)9-20-14(17-18-19-20)12-6-1-2-7-13(12)16/h1-8H,9,16H2. The fourth-order valence-corrected chi connectivity index (χ4v) is 2.01. The fraction of sp³-hybridized carbons (Fsp3) is 0.0714. The van der Waals surface area contributed by atoms with Crippen LogP contribution >= 0.6 is 0 Å². The van der Waals surface area contributed by atoms with Crippen LogP contribution in [0.3, 0.4) is 0 Å². The molecule has 0 saturated heterocycles. The summed E-state index contributed by atoms with van der Waals surface area (Å²) in [5.74, 6) is 0.281. The van der Waals surface area contributed by atoms with Gasteiger partial charge in [0, 0.05) is 11.3 Å². The lowest BCUT2D eigenvalue weighted by molar-refractivity contribution is 0.615. The summed E-state index contributed by atoms with van der Waals surface area (Å²) in [7, 11) is 0. The highest BCUT2D eigenvalue weighted by atomic mass is 19.1. The maximum Gasteiger partial charge on any atom is 0.184 e. The number of nitrogens with zero attached hydrogens (tertiary/aromatic N) is 4. The Hall–Kier alpha value is -2.76.